The fourth-order valence-electron chi connectivity index (χ4n) is 1.19. The summed E-state index contributed by atoms with van der Waals surface area (Å²) < 4.78 is 0. The second-order valence-electron chi connectivity index (χ2n) is 4.02. The van der Waals surface area contributed by atoms with Crippen molar-refractivity contribution in [3.8, 4) is 0 Å². The van der Waals surface area contributed by atoms with Crippen molar-refractivity contribution in [3.63, 3.8) is 0 Å². The van der Waals surface area contributed by atoms with Crippen molar-refractivity contribution in [2.45, 2.75) is 46.1 Å². The van der Waals surface area contributed by atoms with Crippen LogP contribution in [0.4, 0.5) is 0 Å². The van der Waals surface area contributed by atoms with E-state index in [9.17, 15) is 5.11 Å². The molecule has 0 spiro atoms. The topological polar surface area (TPSA) is 20.2 Å². The molecule has 0 aliphatic rings. The zero-order valence-corrected chi connectivity index (χ0v) is 8.59. The fourth-order valence-corrected chi connectivity index (χ4v) is 1.19. The molecule has 0 aromatic carbocycles. The van der Waals surface area contributed by atoms with E-state index in [2.05, 4.69) is 27.4 Å². The molecule has 0 heterocycles. The quantitative estimate of drug-likeness (QED) is 0.608. The first kappa shape index (κ1) is 11.7. The van der Waals surface area contributed by atoms with Gasteiger partial charge in [-0.3, -0.25) is 0 Å². The minimum atomic E-state index is -0.128. The number of aliphatic hydroxyl groups is 1. The smallest absolute Gasteiger partial charge is 0.0563 e. The van der Waals surface area contributed by atoms with Crippen LogP contribution in [0.25, 0.3) is 0 Å². The van der Waals surface area contributed by atoms with Gasteiger partial charge in [-0.1, -0.05) is 26.8 Å². The Morgan fingerprint density at radius 1 is 1.25 bits per heavy atom. The minimum Gasteiger partial charge on any atom is -0.393 e. The van der Waals surface area contributed by atoms with Gasteiger partial charge in [-0.05, 0) is 31.1 Å². The highest BCUT2D eigenvalue weighted by atomic mass is 16.3. The van der Waals surface area contributed by atoms with Crippen LogP contribution in [0.5, 0.6) is 0 Å². The maximum absolute atomic E-state index is 9.52. The van der Waals surface area contributed by atoms with E-state index in [1.165, 1.54) is 0 Å². The van der Waals surface area contributed by atoms with Crippen molar-refractivity contribution in [1.29, 1.82) is 0 Å². The number of allylic oxidation sites excluding steroid dienone is 1. The predicted molar refractivity (Wildman–Crippen MR) is 54.1 cm³/mol. The van der Waals surface area contributed by atoms with Crippen LogP contribution in [-0.4, -0.2) is 11.2 Å². The van der Waals surface area contributed by atoms with Crippen molar-refractivity contribution in [3.05, 3.63) is 12.7 Å². The molecule has 2 atom stereocenters. The molecule has 0 aromatic heterocycles. The van der Waals surface area contributed by atoms with Crippen LogP contribution in [0.1, 0.15) is 40.0 Å². The molecule has 1 N–H and O–H groups in total. The second kappa shape index (κ2) is 6.24. The highest BCUT2D eigenvalue weighted by Gasteiger charge is 2.10. The molecule has 72 valence electrons. The Morgan fingerprint density at radius 3 is 2.25 bits per heavy atom. The van der Waals surface area contributed by atoms with E-state index in [-0.39, 0.29) is 6.10 Å². The SMILES string of the molecule is C=CCC(C)CCC(O)C(C)C. The third-order valence-corrected chi connectivity index (χ3v) is 2.29. The summed E-state index contributed by atoms with van der Waals surface area (Å²) in [6.07, 6.45) is 4.91. The van der Waals surface area contributed by atoms with Crippen molar-refractivity contribution < 1.29 is 5.11 Å². The Labute approximate surface area is 76.5 Å². The summed E-state index contributed by atoms with van der Waals surface area (Å²) in [6.45, 7) is 10.0. The van der Waals surface area contributed by atoms with E-state index in [0.717, 1.165) is 19.3 Å². The van der Waals surface area contributed by atoms with Gasteiger partial charge in [0.25, 0.3) is 0 Å². The van der Waals surface area contributed by atoms with Gasteiger partial charge in [-0.25, -0.2) is 0 Å². The lowest BCUT2D eigenvalue weighted by Crippen LogP contribution is -2.15. The molecule has 0 saturated heterocycles. The van der Waals surface area contributed by atoms with Crippen LogP contribution < -0.4 is 0 Å². The molecule has 2 unspecified atom stereocenters. The lowest BCUT2D eigenvalue weighted by atomic mass is 9.95. The monoisotopic (exact) mass is 170 g/mol. The normalized spacial score (nSPS) is 16.1. The fraction of sp³-hybridized carbons (Fsp3) is 0.818. The highest BCUT2D eigenvalue weighted by Crippen LogP contribution is 2.15. The largest absolute Gasteiger partial charge is 0.393 e. The Balaban J connectivity index is 3.46. The van der Waals surface area contributed by atoms with Crippen LogP contribution >= 0.6 is 0 Å². The second-order valence-corrected chi connectivity index (χ2v) is 4.02. The van der Waals surface area contributed by atoms with Crippen molar-refractivity contribution in [2.75, 3.05) is 0 Å². The van der Waals surface area contributed by atoms with E-state index in [0.29, 0.717) is 11.8 Å². The average molecular weight is 170 g/mol. The van der Waals surface area contributed by atoms with Gasteiger partial charge >= 0.3 is 0 Å². The molecule has 0 fully saturated rings. The Bertz CT molecular complexity index is 118. The highest BCUT2D eigenvalue weighted by molar-refractivity contribution is 4.71. The van der Waals surface area contributed by atoms with Gasteiger partial charge in [-0.2, -0.15) is 0 Å². The zero-order valence-electron chi connectivity index (χ0n) is 8.59. The van der Waals surface area contributed by atoms with Gasteiger partial charge in [-0.15, -0.1) is 6.58 Å². The molecule has 0 aliphatic heterocycles. The molecule has 12 heavy (non-hydrogen) atoms. The molecule has 0 amide bonds. The maximum atomic E-state index is 9.52. The van der Waals surface area contributed by atoms with Crippen LogP contribution in [0.3, 0.4) is 0 Å². The predicted octanol–water partition coefficient (Wildman–Crippen LogP) is 3.00. The van der Waals surface area contributed by atoms with E-state index in [4.69, 9.17) is 0 Å². The number of hydrogen-bond donors (Lipinski definition) is 1. The first-order valence-corrected chi connectivity index (χ1v) is 4.86. The van der Waals surface area contributed by atoms with Gasteiger partial charge in [0.05, 0.1) is 6.10 Å². The minimum absolute atomic E-state index is 0.128. The Hall–Kier alpha value is -0.300. The molecule has 0 saturated carbocycles. The number of hydrogen-bond acceptors (Lipinski definition) is 1. The first-order valence-electron chi connectivity index (χ1n) is 4.86. The molecule has 0 bridgehead atoms. The van der Waals surface area contributed by atoms with E-state index in [1.807, 2.05) is 6.08 Å². The standard InChI is InChI=1S/C11H22O/c1-5-6-10(4)7-8-11(12)9(2)3/h5,9-12H,1,6-8H2,2-4H3. The molecule has 0 rings (SSSR count). The van der Waals surface area contributed by atoms with E-state index < -0.39 is 0 Å². The average Bonchev–Trinajstić information content (AvgIpc) is 2.00. The number of aliphatic hydroxyl groups excluding tert-OH is 1. The summed E-state index contributed by atoms with van der Waals surface area (Å²) in [5.41, 5.74) is 0. The van der Waals surface area contributed by atoms with Crippen LogP contribution in [0.15, 0.2) is 12.7 Å². The molecular weight excluding hydrogens is 148 g/mol. The Kier molecular flexibility index (Phi) is 6.09. The van der Waals surface area contributed by atoms with E-state index >= 15 is 0 Å². The van der Waals surface area contributed by atoms with Crippen molar-refractivity contribution in [2.24, 2.45) is 11.8 Å². The summed E-state index contributed by atoms with van der Waals surface area (Å²) in [5, 5.41) is 9.52. The van der Waals surface area contributed by atoms with Gasteiger partial charge in [0.2, 0.25) is 0 Å². The lowest BCUT2D eigenvalue weighted by Gasteiger charge is -2.16. The summed E-state index contributed by atoms with van der Waals surface area (Å²) in [7, 11) is 0. The number of rotatable bonds is 6. The van der Waals surface area contributed by atoms with Crippen molar-refractivity contribution in [1.82, 2.24) is 0 Å². The first-order chi connectivity index (χ1) is 5.57. The van der Waals surface area contributed by atoms with Crippen LogP contribution in [0, 0.1) is 11.8 Å². The summed E-state index contributed by atoms with van der Waals surface area (Å²) in [4.78, 5) is 0. The van der Waals surface area contributed by atoms with Crippen LogP contribution in [-0.2, 0) is 0 Å². The summed E-state index contributed by atoms with van der Waals surface area (Å²) in [5.74, 6) is 1.05. The molecule has 0 aromatic rings. The Morgan fingerprint density at radius 2 is 1.83 bits per heavy atom. The van der Waals surface area contributed by atoms with Gasteiger partial charge in [0, 0.05) is 0 Å². The van der Waals surface area contributed by atoms with Crippen molar-refractivity contribution >= 4 is 0 Å². The van der Waals surface area contributed by atoms with Gasteiger partial charge < -0.3 is 5.11 Å². The third kappa shape index (κ3) is 5.36. The molecular formula is C11H22O. The molecule has 1 nitrogen and oxygen atoms in total. The summed E-state index contributed by atoms with van der Waals surface area (Å²) in [6, 6.07) is 0. The maximum Gasteiger partial charge on any atom is 0.0563 e. The zero-order chi connectivity index (χ0) is 9.56. The van der Waals surface area contributed by atoms with Gasteiger partial charge in [0.1, 0.15) is 0 Å². The van der Waals surface area contributed by atoms with Gasteiger partial charge in [0.15, 0.2) is 0 Å². The van der Waals surface area contributed by atoms with E-state index in [1.54, 1.807) is 0 Å². The molecule has 0 aliphatic carbocycles. The molecule has 0 radical (unpaired) electrons. The third-order valence-electron chi connectivity index (χ3n) is 2.29. The van der Waals surface area contributed by atoms with Crippen LogP contribution in [0.2, 0.25) is 0 Å². The lowest BCUT2D eigenvalue weighted by molar-refractivity contribution is 0.109. The molecule has 1 heteroatoms. The summed E-state index contributed by atoms with van der Waals surface area (Å²) >= 11 is 0.